The minimum absolute atomic E-state index is 0.0566. The molecule has 3 aromatic carbocycles. The molecule has 0 unspecified atom stereocenters. The lowest BCUT2D eigenvalue weighted by Crippen LogP contribution is -2.04. The summed E-state index contributed by atoms with van der Waals surface area (Å²) in [5.41, 5.74) is 6.71. The van der Waals surface area contributed by atoms with Crippen molar-refractivity contribution >= 4 is 55.5 Å². The van der Waals surface area contributed by atoms with Gasteiger partial charge in [-0.15, -0.1) is 10.2 Å². The molecule has 0 saturated heterocycles. The topological polar surface area (TPSA) is 61.9 Å². The van der Waals surface area contributed by atoms with E-state index in [1.54, 1.807) is 0 Å². The zero-order valence-corrected chi connectivity index (χ0v) is 20.5. The summed E-state index contributed by atoms with van der Waals surface area (Å²) in [6.45, 7) is 6.68. The molecule has 0 amide bonds. The van der Waals surface area contributed by atoms with Crippen molar-refractivity contribution in [2.24, 2.45) is 10.2 Å². The molecule has 4 rings (SSSR count). The van der Waals surface area contributed by atoms with Crippen LogP contribution in [-0.4, -0.2) is 14.8 Å². The van der Waals surface area contributed by atoms with Crippen molar-refractivity contribution in [2.45, 2.75) is 27.3 Å². The van der Waals surface area contributed by atoms with Gasteiger partial charge in [-0.25, -0.2) is 0 Å². The summed E-state index contributed by atoms with van der Waals surface area (Å²) in [5.74, 6) is 0.0566. The average molecular weight is 507 g/mol. The van der Waals surface area contributed by atoms with Gasteiger partial charge in [0.2, 0.25) is 11.0 Å². The summed E-state index contributed by atoms with van der Waals surface area (Å²) in [5, 5.41) is 23.7. The van der Waals surface area contributed by atoms with Crippen LogP contribution in [0.4, 0.5) is 11.4 Å². The van der Waals surface area contributed by atoms with Gasteiger partial charge < -0.3 is 15.0 Å². The van der Waals surface area contributed by atoms with Gasteiger partial charge in [0.05, 0.1) is 12.1 Å². The minimum atomic E-state index is 0.0566. The minimum Gasteiger partial charge on any atom is -0.493 e. The number of nitrogens with zero attached hydrogens (tertiary/aromatic N) is 3. The fourth-order valence-electron chi connectivity index (χ4n) is 3.66. The maximum absolute atomic E-state index is 11.1. The van der Waals surface area contributed by atoms with Crippen molar-refractivity contribution < 1.29 is 5.11 Å². The standard InChI is InChI=1S/C25H23BrN4OS/c1-15-5-4-6-20(12-15)27-25(32)29-28-23-21-13-19(26)9-10-22(21)30(24(23)31)14-18-11-16(2)7-8-17(18)3/h4-13,31H,14H2,1-3H3,(H,27,32). The van der Waals surface area contributed by atoms with Crippen molar-refractivity contribution in [3.63, 3.8) is 0 Å². The molecule has 1 heterocycles. The van der Waals surface area contributed by atoms with Crippen molar-refractivity contribution in [3.8, 4) is 5.88 Å². The maximum Gasteiger partial charge on any atom is 0.221 e. The molecule has 0 atom stereocenters. The van der Waals surface area contributed by atoms with Crippen LogP contribution in [0.15, 0.2) is 75.4 Å². The van der Waals surface area contributed by atoms with Crippen molar-refractivity contribution in [2.75, 3.05) is 5.32 Å². The molecular weight excluding hydrogens is 484 g/mol. The second-order valence-corrected chi connectivity index (χ2v) is 9.15. The first-order valence-corrected chi connectivity index (χ1v) is 11.4. The molecule has 0 bridgehead atoms. The van der Waals surface area contributed by atoms with Gasteiger partial charge in [-0.1, -0.05) is 51.8 Å². The van der Waals surface area contributed by atoms with Gasteiger partial charge in [-0.2, -0.15) is 0 Å². The molecule has 0 fully saturated rings. The largest absolute Gasteiger partial charge is 0.493 e. The van der Waals surface area contributed by atoms with E-state index in [1.165, 1.54) is 11.1 Å². The Morgan fingerprint density at radius 3 is 2.59 bits per heavy atom. The van der Waals surface area contributed by atoms with Crippen molar-refractivity contribution in [1.29, 1.82) is 0 Å². The van der Waals surface area contributed by atoms with Crippen LogP contribution in [0.2, 0.25) is 0 Å². The molecule has 2 N–H and O–H groups in total. The molecule has 0 spiro atoms. The Morgan fingerprint density at radius 1 is 1.03 bits per heavy atom. The number of hydrogen-bond acceptors (Lipinski definition) is 3. The maximum atomic E-state index is 11.1. The molecule has 0 aliphatic carbocycles. The van der Waals surface area contributed by atoms with Gasteiger partial charge in [-0.05, 0) is 80.0 Å². The van der Waals surface area contributed by atoms with Crippen LogP contribution in [0.1, 0.15) is 22.3 Å². The van der Waals surface area contributed by atoms with E-state index in [4.69, 9.17) is 12.2 Å². The number of azo groups is 1. The van der Waals surface area contributed by atoms with E-state index < -0.39 is 0 Å². The van der Waals surface area contributed by atoms with E-state index in [1.807, 2.05) is 54.0 Å². The highest BCUT2D eigenvalue weighted by molar-refractivity contribution is 9.10. The van der Waals surface area contributed by atoms with Gasteiger partial charge in [0.15, 0.2) is 5.69 Å². The molecule has 162 valence electrons. The Labute approximate surface area is 200 Å². The van der Waals surface area contributed by atoms with E-state index in [-0.39, 0.29) is 11.0 Å². The fourth-order valence-corrected chi connectivity index (χ4v) is 4.18. The number of aryl methyl sites for hydroxylation is 3. The van der Waals surface area contributed by atoms with Crippen LogP contribution in [0.25, 0.3) is 10.9 Å². The van der Waals surface area contributed by atoms with Crippen LogP contribution in [-0.2, 0) is 6.54 Å². The van der Waals surface area contributed by atoms with Crippen molar-refractivity contribution in [3.05, 3.63) is 87.4 Å². The van der Waals surface area contributed by atoms with E-state index in [9.17, 15) is 5.11 Å². The van der Waals surface area contributed by atoms with Crippen LogP contribution < -0.4 is 5.32 Å². The first-order valence-electron chi connectivity index (χ1n) is 10.2. The van der Waals surface area contributed by atoms with E-state index >= 15 is 0 Å². The number of halogens is 1. The number of thiocarbonyl (C=S) groups is 1. The molecule has 0 aliphatic rings. The number of aromatic hydroxyl groups is 1. The Morgan fingerprint density at radius 2 is 1.81 bits per heavy atom. The number of nitrogens with one attached hydrogen (secondary N) is 1. The van der Waals surface area contributed by atoms with Crippen LogP contribution >= 0.6 is 28.1 Å². The quantitative estimate of drug-likeness (QED) is 0.221. The fraction of sp³-hybridized carbons (Fsp3) is 0.160. The predicted octanol–water partition coefficient (Wildman–Crippen LogP) is 7.56. The van der Waals surface area contributed by atoms with Crippen LogP contribution in [0, 0.1) is 20.8 Å². The van der Waals surface area contributed by atoms with Gasteiger partial charge in [-0.3, -0.25) is 0 Å². The SMILES string of the molecule is Cc1cccc(NC(=S)N=Nc2c(O)n(Cc3cc(C)ccc3C)c3ccc(Br)cc23)c1. The molecule has 0 saturated carbocycles. The summed E-state index contributed by atoms with van der Waals surface area (Å²) in [6.07, 6.45) is 0. The average Bonchev–Trinajstić information content (AvgIpc) is 2.99. The number of hydrogen-bond donors (Lipinski definition) is 2. The summed E-state index contributed by atoms with van der Waals surface area (Å²) in [6, 6.07) is 20.0. The van der Waals surface area contributed by atoms with Crippen molar-refractivity contribution in [1.82, 2.24) is 4.57 Å². The normalized spacial score (nSPS) is 11.4. The molecule has 32 heavy (non-hydrogen) atoms. The molecule has 4 aromatic rings. The van der Waals surface area contributed by atoms with Gasteiger partial charge in [0.25, 0.3) is 0 Å². The number of benzene rings is 3. The third kappa shape index (κ3) is 4.74. The van der Waals surface area contributed by atoms with Crippen LogP contribution in [0.3, 0.4) is 0 Å². The molecule has 0 aliphatic heterocycles. The van der Waals surface area contributed by atoms with E-state index in [0.29, 0.717) is 12.2 Å². The highest BCUT2D eigenvalue weighted by atomic mass is 79.9. The summed E-state index contributed by atoms with van der Waals surface area (Å²) in [4.78, 5) is 0. The Kier molecular flexibility index (Phi) is 6.39. The number of anilines is 1. The Balaban J connectivity index is 1.70. The Bertz CT molecular complexity index is 1360. The monoisotopic (exact) mass is 506 g/mol. The summed E-state index contributed by atoms with van der Waals surface area (Å²) in [7, 11) is 0. The zero-order chi connectivity index (χ0) is 22.8. The predicted molar refractivity (Wildman–Crippen MR) is 138 cm³/mol. The van der Waals surface area contributed by atoms with Gasteiger partial charge in [0.1, 0.15) is 0 Å². The molecule has 5 nitrogen and oxygen atoms in total. The van der Waals surface area contributed by atoms with Gasteiger partial charge >= 0.3 is 0 Å². The lowest BCUT2D eigenvalue weighted by atomic mass is 10.1. The smallest absolute Gasteiger partial charge is 0.221 e. The lowest BCUT2D eigenvalue weighted by molar-refractivity contribution is 0.429. The summed E-state index contributed by atoms with van der Waals surface area (Å²) < 4.78 is 2.75. The highest BCUT2D eigenvalue weighted by Gasteiger charge is 2.18. The molecular formula is C25H23BrN4OS. The second kappa shape index (κ2) is 9.22. The first-order chi connectivity index (χ1) is 15.3. The second-order valence-electron chi connectivity index (χ2n) is 7.85. The molecule has 7 heteroatoms. The van der Waals surface area contributed by atoms with E-state index in [0.717, 1.165) is 32.2 Å². The summed E-state index contributed by atoms with van der Waals surface area (Å²) >= 11 is 8.86. The molecule has 1 aromatic heterocycles. The molecule has 0 radical (unpaired) electrons. The third-order valence-electron chi connectivity index (χ3n) is 5.32. The van der Waals surface area contributed by atoms with Crippen LogP contribution in [0.5, 0.6) is 5.88 Å². The lowest BCUT2D eigenvalue weighted by Gasteiger charge is -2.11. The zero-order valence-electron chi connectivity index (χ0n) is 18.1. The van der Waals surface area contributed by atoms with E-state index in [2.05, 4.69) is 63.5 Å². The number of fused-ring (bicyclic) bond motifs is 1. The first kappa shape index (κ1) is 22.2. The highest BCUT2D eigenvalue weighted by Crippen LogP contribution is 2.40. The number of aromatic nitrogens is 1. The number of rotatable bonds is 4. The Hall–Kier alpha value is -3.03. The van der Waals surface area contributed by atoms with Gasteiger partial charge in [0, 0.05) is 15.5 Å². The third-order valence-corrected chi connectivity index (χ3v) is 5.99.